The van der Waals surface area contributed by atoms with E-state index in [-0.39, 0.29) is 18.1 Å². The summed E-state index contributed by atoms with van der Waals surface area (Å²) in [5.41, 5.74) is 1.50. The van der Waals surface area contributed by atoms with Crippen molar-refractivity contribution in [3.63, 3.8) is 0 Å². The van der Waals surface area contributed by atoms with Crippen LogP contribution in [0.4, 0.5) is 10.1 Å². The maximum atomic E-state index is 13.5. The van der Waals surface area contributed by atoms with Crippen LogP contribution in [-0.2, 0) is 4.79 Å². The van der Waals surface area contributed by atoms with Crippen LogP contribution in [0.25, 0.3) is 10.9 Å². The second-order valence-electron chi connectivity index (χ2n) is 9.25. The number of rotatable bonds is 7. The number of anilines is 1. The van der Waals surface area contributed by atoms with Crippen LogP contribution in [0.3, 0.4) is 0 Å². The highest BCUT2D eigenvalue weighted by Crippen LogP contribution is 2.32. The van der Waals surface area contributed by atoms with Gasteiger partial charge in [0.2, 0.25) is 0 Å². The molecule has 1 aliphatic rings. The third-order valence-electron chi connectivity index (χ3n) is 6.46. The van der Waals surface area contributed by atoms with Crippen molar-refractivity contribution in [3.8, 4) is 5.75 Å². The molecule has 0 radical (unpaired) electrons. The standard InChI is InChI=1S/C29H26BrFN4O3/c30-21-12-13-26-25(15-21)29(37)35(28(34-26)20-7-2-1-3-8-20)32-17-19-6-4-11-24(14-19)38-18-27(36)33-23-10-5-9-22(31)16-23/h4-6,9-17,20H,1-3,7-8,18H2,(H,33,36). The number of nitrogens with one attached hydrogen (secondary N) is 1. The van der Waals surface area contributed by atoms with Crippen LogP contribution in [0.5, 0.6) is 5.75 Å². The third kappa shape index (κ3) is 6.16. The number of hydrogen-bond donors (Lipinski definition) is 1. The van der Waals surface area contributed by atoms with Gasteiger partial charge >= 0.3 is 0 Å². The van der Waals surface area contributed by atoms with Gasteiger partial charge in [0.05, 0.1) is 17.1 Å². The molecule has 1 aromatic heterocycles. The van der Waals surface area contributed by atoms with Gasteiger partial charge in [0, 0.05) is 16.1 Å². The maximum Gasteiger partial charge on any atom is 0.282 e. The summed E-state index contributed by atoms with van der Waals surface area (Å²) >= 11 is 3.44. The van der Waals surface area contributed by atoms with Gasteiger partial charge in [-0.15, -0.1) is 0 Å². The molecule has 1 saturated carbocycles. The first kappa shape index (κ1) is 25.8. The molecule has 7 nitrogen and oxygen atoms in total. The Morgan fingerprint density at radius 3 is 2.74 bits per heavy atom. The molecule has 4 aromatic rings. The molecule has 0 aliphatic heterocycles. The van der Waals surface area contributed by atoms with Gasteiger partial charge in [0.15, 0.2) is 6.61 Å². The van der Waals surface area contributed by atoms with Gasteiger partial charge in [-0.05, 0) is 66.9 Å². The number of hydrogen-bond acceptors (Lipinski definition) is 5. The first-order valence-corrected chi connectivity index (χ1v) is 13.3. The monoisotopic (exact) mass is 576 g/mol. The van der Waals surface area contributed by atoms with Crippen molar-refractivity contribution < 1.29 is 13.9 Å². The van der Waals surface area contributed by atoms with Crippen molar-refractivity contribution in [1.29, 1.82) is 0 Å². The zero-order valence-electron chi connectivity index (χ0n) is 20.6. The SMILES string of the molecule is O=C(COc1cccc(C=Nn2c(C3CCCCC3)nc3ccc(Br)cc3c2=O)c1)Nc1cccc(F)c1. The lowest BCUT2D eigenvalue weighted by atomic mass is 9.88. The zero-order valence-corrected chi connectivity index (χ0v) is 22.2. The Kier molecular flexibility index (Phi) is 7.93. The summed E-state index contributed by atoms with van der Waals surface area (Å²) < 4.78 is 21.2. The Morgan fingerprint density at radius 2 is 1.92 bits per heavy atom. The van der Waals surface area contributed by atoms with Gasteiger partial charge in [-0.2, -0.15) is 9.78 Å². The molecule has 1 amide bonds. The Balaban J connectivity index is 1.36. The molecule has 194 valence electrons. The molecule has 38 heavy (non-hydrogen) atoms. The Bertz CT molecular complexity index is 1560. The summed E-state index contributed by atoms with van der Waals surface area (Å²) in [7, 11) is 0. The number of amides is 1. The number of nitrogens with zero attached hydrogens (tertiary/aromatic N) is 3. The van der Waals surface area contributed by atoms with E-state index in [4.69, 9.17) is 9.72 Å². The molecule has 1 aliphatic carbocycles. The highest BCUT2D eigenvalue weighted by Gasteiger charge is 2.22. The van der Waals surface area contributed by atoms with E-state index in [1.54, 1.807) is 36.5 Å². The van der Waals surface area contributed by atoms with Crippen LogP contribution in [0.2, 0.25) is 0 Å². The molecule has 1 fully saturated rings. The first-order chi connectivity index (χ1) is 18.5. The summed E-state index contributed by atoms with van der Waals surface area (Å²) in [4.78, 5) is 30.5. The first-order valence-electron chi connectivity index (χ1n) is 12.5. The smallest absolute Gasteiger partial charge is 0.282 e. The predicted molar refractivity (Wildman–Crippen MR) is 149 cm³/mol. The minimum absolute atomic E-state index is 0.174. The highest BCUT2D eigenvalue weighted by atomic mass is 79.9. The van der Waals surface area contributed by atoms with E-state index in [0.29, 0.717) is 33.7 Å². The largest absolute Gasteiger partial charge is 0.484 e. The lowest BCUT2D eigenvalue weighted by molar-refractivity contribution is -0.118. The van der Waals surface area contributed by atoms with Gasteiger partial charge in [0.25, 0.3) is 11.5 Å². The number of benzene rings is 3. The van der Waals surface area contributed by atoms with Crippen molar-refractivity contribution in [1.82, 2.24) is 9.66 Å². The Hall–Kier alpha value is -3.85. The fourth-order valence-corrected chi connectivity index (χ4v) is 4.98. The Morgan fingerprint density at radius 1 is 1.11 bits per heavy atom. The fraction of sp³-hybridized carbons (Fsp3) is 0.241. The molecule has 9 heteroatoms. The van der Waals surface area contributed by atoms with E-state index in [1.807, 2.05) is 18.2 Å². The van der Waals surface area contributed by atoms with Gasteiger partial charge in [-0.1, -0.05) is 53.4 Å². The van der Waals surface area contributed by atoms with E-state index in [0.717, 1.165) is 30.2 Å². The summed E-state index contributed by atoms with van der Waals surface area (Å²) in [5, 5.41) is 7.66. The Labute approximate surface area is 227 Å². The van der Waals surface area contributed by atoms with Gasteiger partial charge in [-0.25, -0.2) is 9.37 Å². The second kappa shape index (κ2) is 11.7. The van der Waals surface area contributed by atoms with Crippen LogP contribution >= 0.6 is 15.9 Å². The lowest BCUT2D eigenvalue weighted by Crippen LogP contribution is -2.25. The van der Waals surface area contributed by atoms with E-state index in [2.05, 4.69) is 26.3 Å². The molecule has 0 bridgehead atoms. The average molecular weight is 577 g/mol. The quantitative estimate of drug-likeness (QED) is 0.264. The van der Waals surface area contributed by atoms with Crippen molar-refractivity contribution >= 4 is 44.6 Å². The summed E-state index contributed by atoms with van der Waals surface area (Å²) in [6, 6.07) is 18.2. The third-order valence-corrected chi connectivity index (χ3v) is 6.96. The van der Waals surface area contributed by atoms with Crippen LogP contribution in [0.15, 0.2) is 81.1 Å². The van der Waals surface area contributed by atoms with E-state index in [9.17, 15) is 14.0 Å². The average Bonchev–Trinajstić information content (AvgIpc) is 2.92. The molecule has 3 aromatic carbocycles. The fourth-order valence-electron chi connectivity index (χ4n) is 4.62. The number of fused-ring (bicyclic) bond motifs is 1. The summed E-state index contributed by atoms with van der Waals surface area (Å²) in [5.74, 6) is 0.473. The number of halogens is 2. The van der Waals surface area contributed by atoms with Crippen LogP contribution in [0, 0.1) is 5.82 Å². The molecular formula is C29H26BrFN4O3. The lowest BCUT2D eigenvalue weighted by Gasteiger charge is -2.22. The van der Waals surface area contributed by atoms with E-state index >= 15 is 0 Å². The van der Waals surface area contributed by atoms with E-state index < -0.39 is 11.7 Å². The molecule has 0 unspecified atom stereocenters. The molecule has 5 rings (SSSR count). The molecule has 0 atom stereocenters. The van der Waals surface area contributed by atoms with Gasteiger partial charge in [0.1, 0.15) is 17.4 Å². The van der Waals surface area contributed by atoms with Gasteiger partial charge < -0.3 is 10.1 Å². The van der Waals surface area contributed by atoms with Crippen molar-refractivity contribution in [2.45, 2.75) is 38.0 Å². The number of ether oxygens (including phenoxy) is 1. The van der Waals surface area contributed by atoms with Crippen LogP contribution in [-0.4, -0.2) is 28.4 Å². The molecule has 1 N–H and O–H groups in total. The normalized spacial score (nSPS) is 14.2. The number of carbonyl (C=O) groups excluding carboxylic acids is 1. The number of carbonyl (C=O) groups is 1. The minimum atomic E-state index is -0.435. The van der Waals surface area contributed by atoms with Crippen LogP contribution in [0.1, 0.15) is 49.4 Å². The van der Waals surface area contributed by atoms with Crippen LogP contribution < -0.4 is 15.6 Å². The predicted octanol–water partition coefficient (Wildman–Crippen LogP) is 6.25. The van der Waals surface area contributed by atoms with E-state index in [1.165, 1.54) is 29.3 Å². The van der Waals surface area contributed by atoms with Crippen molar-refractivity contribution in [3.05, 3.63) is 98.8 Å². The minimum Gasteiger partial charge on any atom is -0.484 e. The number of aromatic nitrogens is 2. The maximum absolute atomic E-state index is 13.5. The van der Waals surface area contributed by atoms with Crippen molar-refractivity contribution in [2.24, 2.45) is 5.10 Å². The van der Waals surface area contributed by atoms with Gasteiger partial charge in [-0.3, -0.25) is 9.59 Å². The molecule has 0 spiro atoms. The summed E-state index contributed by atoms with van der Waals surface area (Å²) in [6.45, 7) is -0.244. The second-order valence-corrected chi connectivity index (χ2v) is 10.2. The summed E-state index contributed by atoms with van der Waals surface area (Å²) in [6.07, 6.45) is 6.95. The molecule has 0 saturated heterocycles. The molecular weight excluding hydrogens is 551 g/mol. The van der Waals surface area contributed by atoms with Crippen molar-refractivity contribution in [2.75, 3.05) is 11.9 Å². The topological polar surface area (TPSA) is 85.6 Å². The highest BCUT2D eigenvalue weighted by molar-refractivity contribution is 9.10. The zero-order chi connectivity index (χ0) is 26.5. The molecule has 1 heterocycles.